The molecule has 0 radical (unpaired) electrons. The van der Waals surface area contributed by atoms with Crippen LogP contribution < -0.4 is 9.44 Å². The molecule has 5 rings (SSSR count). The van der Waals surface area contributed by atoms with E-state index in [9.17, 15) is 16.8 Å². The van der Waals surface area contributed by atoms with Gasteiger partial charge in [-0.3, -0.25) is 9.44 Å². The summed E-state index contributed by atoms with van der Waals surface area (Å²) in [5.41, 5.74) is 3.11. The first kappa shape index (κ1) is 26.1. The summed E-state index contributed by atoms with van der Waals surface area (Å²) in [7, 11) is -7.76. The lowest BCUT2D eigenvalue weighted by atomic mass is 10.2. The molecule has 5 aromatic rings. The Morgan fingerprint density at radius 2 is 0.897 bits per heavy atom. The Hall–Kier alpha value is -4.48. The number of anilines is 2. The lowest BCUT2D eigenvalue weighted by Crippen LogP contribution is -2.13. The summed E-state index contributed by atoms with van der Waals surface area (Å²) in [6.45, 7) is 3.75. The Morgan fingerprint density at radius 3 is 1.28 bits per heavy atom. The Labute approximate surface area is 226 Å². The highest BCUT2D eigenvalue weighted by atomic mass is 32.2. The topological polar surface area (TPSA) is 131 Å². The minimum absolute atomic E-state index is 0.0587. The van der Waals surface area contributed by atoms with Gasteiger partial charge in [0.25, 0.3) is 20.0 Å². The average Bonchev–Trinajstić information content (AvgIpc) is 3.39. The van der Waals surface area contributed by atoms with Crippen molar-refractivity contribution in [2.75, 3.05) is 9.44 Å². The summed E-state index contributed by atoms with van der Waals surface area (Å²) in [4.78, 5) is 0.229. The van der Waals surface area contributed by atoms with Crippen LogP contribution in [0.5, 0.6) is 0 Å². The van der Waals surface area contributed by atoms with E-state index in [1.54, 1.807) is 72.8 Å². The molecule has 0 aliphatic heterocycles. The zero-order valence-electron chi connectivity index (χ0n) is 21.0. The van der Waals surface area contributed by atoms with Crippen molar-refractivity contribution in [1.29, 1.82) is 0 Å². The smallest absolute Gasteiger partial charge is 0.261 e. The maximum atomic E-state index is 13.0. The normalized spacial score (nSPS) is 11.7. The quantitative estimate of drug-likeness (QED) is 0.252. The highest BCUT2D eigenvalue weighted by molar-refractivity contribution is 7.93. The molecule has 0 spiro atoms. The first-order chi connectivity index (χ1) is 18.6. The Kier molecular flexibility index (Phi) is 6.94. The van der Waals surface area contributed by atoms with Gasteiger partial charge in [0.2, 0.25) is 11.8 Å². The monoisotopic (exact) mass is 560 g/mol. The molecular weight excluding hydrogens is 536 g/mol. The molecule has 1 aromatic heterocycles. The second-order valence-corrected chi connectivity index (χ2v) is 12.2. The van der Waals surface area contributed by atoms with Crippen LogP contribution in [0.25, 0.3) is 22.9 Å². The summed E-state index contributed by atoms with van der Waals surface area (Å²) < 4.78 is 63.1. The third kappa shape index (κ3) is 5.69. The number of nitrogens with one attached hydrogen (secondary N) is 2. The molecule has 0 fully saturated rings. The van der Waals surface area contributed by atoms with Crippen molar-refractivity contribution in [1.82, 2.24) is 10.2 Å². The fraction of sp³-hybridized carbons (Fsp3) is 0.0714. The lowest BCUT2D eigenvalue weighted by Gasteiger charge is -2.11. The number of nitrogens with zero attached hydrogens (tertiary/aromatic N) is 2. The molecule has 0 aliphatic rings. The first-order valence-electron chi connectivity index (χ1n) is 11.8. The number of hydrogen-bond acceptors (Lipinski definition) is 7. The van der Waals surface area contributed by atoms with Gasteiger partial charge >= 0.3 is 0 Å². The van der Waals surface area contributed by atoms with Crippen LogP contribution >= 0.6 is 0 Å². The fourth-order valence-corrected chi connectivity index (χ4v) is 5.96. The van der Waals surface area contributed by atoms with Gasteiger partial charge in [0, 0.05) is 0 Å². The second-order valence-electron chi connectivity index (χ2n) is 8.84. The maximum absolute atomic E-state index is 13.0. The molecule has 11 heteroatoms. The van der Waals surface area contributed by atoms with E-state index >= 15 is 0 Å². The lowest BCUT2D eigenvalue weighted by molar-refractivity contribution is 0.585. The molecule has 0 saturated carbocycles. The van der Waals surface area contributed by atoms with Crippen LogP contribution in [0.3, 0.4) is 0 Å². The number of aryl methyl sites for hydroxylation is 2. The molecule has 4 aromatic carbocycles. The van der Waals surface area contributed by atoms with E-state index in [1.807, 2.05) is 13.8 Å². The van der Waals surface area contributed by atoms with Gasteiger partial charge in [-0.25, -0.2) is 16.8 Å². The van der Waals surface area contributed by atoms with Crippen LogP contribution in [0.1, 0.15) is 11.1 Å². The van der Waals surface area contributed by atoms with E-state index in [0.717, 1.165) is 11.1 Å². The van der Waals surface area contributed by atoms with Crippen LogP contribution in [0.4, 0.5) is 11.4 Å². The summed E-state index contributed by atoms with van der Waals surface area (Å²) in [5, 5.41) is 8.23. The molecule has 0 atom stereocenters. The Morgan fingerprint density at radius 1 is 0.538 bits per heavy atom. The number of sulfonamides is 2. The molecule has 2 N–H and O–H groups in total. The third-order valence-electron chi connectivity index (χ3n) is 5.89. The predicted molar refractivity (Wildman–Crippen MR) is 149 cm³/mol. The molecule has 0 bridgehead atoms. The van der Waals surface area contributed by atoms with Crippen molar-refractivity contribution in [3.63, 3.8) is 0 Å². The number of rotatable bonds is 8. The third-order valence-corrected chi connectivity index (χ3v) is 8.65. The van der Waals surface area contributed by atoms with E-state index in [0.29, 0.717) is 11.1 Å². The van der Waals surface area contributed by atoms with Gasteiger partial charge in [0.1, 0.15) is 0 Å². The standard InChI is InChI=1S/C28H24N4O5S2/c1-19-11-15-21(16-12-19)38(33,34)31-25-9-5-3-7-23(25)27-29-30-28(37-27)24-8-4-6-10-26(24)32-39(35,36)22-17-13-20(2)14-18-22/h3-18,31-32H,1-2H3. The SMILES string of the molecule is Cc1ccc(S(=O)(=O)Nc2ccccc2-c2nnc(-c3ccccc3NS(=O)(=O)c3ccc(C)cc3)o2)cc1. The van der Waals surface area contributed by atoms with Crippen LogP contribution in [0.15, 0.2) is 111 Å². The molecule has 9 nitrogen and oxygen atoms in total. The summed E-state index contributed by atoms with van der Waals surface area (Å²) in [5.74, 6) is 0.117. The van der Waals surface area contributed by atoms with Crippen molar-refractivity contribution in [2.24, 2.45) is 0 Å². The highest BCUT2D eigenvalue weighted by Gasteiger charge is 2.22. The largest absolute Gasteiger partial charge is 0.416 e. The van der Waals surface area contributed by atoms with Crippen LogP contribution in [0.2, 0.25) is 0 Å². The molecule has 0 unspecified atom stereocenters. The van der Waals surface area contributed by atoms with E-state index in [1.165, 1.54) is 24.3 Å². The maximum Gasteiger partial charge on any atom is 0.261 e. The Balaban J connectivity index is 1.46. The van der Waals surface area contributed by atoms with E-state index < -0.39 is 20.0 Å². The predicted octanol–water partition coefficient (Wildman–Crippen LogP) is 5.62. The zero-order valence-corrected chi connectivity index (χ0v) is 22.6. The van der Waals surface area contributed by atoms with Gasteiger partial charge in [0.05, 0.1) is 32.3 Å². The molecule has 0 amide bonds. The molecule has 0 aliphatic carbocycles. The molecular formula is C28H24N4O5S2. The van der Waals surface area contributed by atoms with Gasteiger partial charge in [-0.05, 0) is 62.4 Å². The van der Waals surface area contributed by atoms with Gasteiger partial charge in [-0.15, -0.1) is 10.2 Å². The van der Waals surface area contributed by atoms with E-state index in [2.05, 4.69) is 19.6 Å². The zero-order chi connectivity index (χ0) is 27.6. The number of aromatic nitrogens is 2. The second kappa shape index (κ2) is 10.4. The molecule has 39 heavy (non-hydrogen) atoms. The summed E-state index contributed by atoms with van der Waals surface area (Å²) >= 11 is 0. The number of hydrogen-bond donors (Lipinski definition) is 2. The van der Waals surface area contributed by atoms with Gasteiger partial charge < -0.3 is 4.42 Å². The minimum Gasteiger partial charge on any atom is -0.416 e. The van der Waals surface area contributed by atoms with Crippen molar-refractivity contribution >= 4 is 31.4 Å². The van der Waals surface area contributed by atoms with Crippen LogP contribution in [-0.2, 0) is 20.0 Å². The summed E-state index contributed by atoms with van der Waals surface area (Å²) in [6, 6.07) is 26.3. The van der Waals surface area contributed by atoms with E-state index in [4.69, 9.17) is 4.42 Å². The van der Waals surface area contributed by atoms with Crippen LogP contribution in [0, 0.1) is 13.8 Å². The Bertz CT molecular complexity index is 1710. The van der Waals surface area contributed by atoms with Crippen LogP contribution in [-0.4, -0.2) is 27.0 Å². The first-order valence-corrected chi connectivity index (χ1v) is 14.8. The van der Waals surface area contributed by atoms with Crippen molar-refractivity contribution in [2.45, 2.75) is 23.6 Å². The van der Waals surface area contributed by atoms with Gasteiger partial charge in [-0.1, -0.05) is 59.7 Å². The highest BCUT2D eigenvalue weighted by Crippen LogP contribution is 2.34. The van der Waals surface area contributed by atoms with Gasteiger partial charge in [0.15, 0.2) is 0 Å². The summed E-state index contributed by atoms with van der Waals surface area (Å²) in [6.07, 6.45) is 0. The molecule has 0 saturated heterocycles. The van der Waals surface area contributed by atoms with Crippen molar-refractivity contribution in [3.05, 3.63) is 108 Å². The van der Waals surface area contributed by atoms with Crippen molar-refractivity contribution in [3.8, 4) is 22.9 Å². The average molecular weight is 561 g/mol. The van der Waals surface area contributed by atoms with E-state index in [-0.39, 0.29) is 32.9 Å². The number of para-hydroxylation sites is 2. The minimum atomic E-state index is -3.88. The van der Waals surface area contributed by atoms with Gasteiger partial charge in [-0.2, -0.15) is 0 Å². The van der Waals surface area contributed by atoms with Crippen molar-refractivity contribution < 1.29 is 21.3 Å². The molecule has 1 heterocycles. The fourth-order valence-electron chi connectivity index (χ4n) is 3.80. The molecule has 198 valence electrons. The number of benzene rings is 4.